The van der Waals surface area contributed by atoms with Crippen LogP contribution in [0.3, 0.4) is 0 Å². The lowest BCUT2D eigenvalue weighted by molar-refractivity contribution is 0.766. The molecule has 0 spiro atoms. The Bertz CT molecular complexity index is 1010. The molecule has 0 fully saturated rings. The summed E-state index contributed by atoms with van der Waals surface area (Å²) in [5.74, 6) is 0.533. The van der Waals surface area contributed by atoms with Crippen LogP contribution in [0.2, 0.25) is 5.02 Å². The van der Waals surface area contributed by atoms with E-state index in [1.54, 1.807) is 19.1 Å². The fourth-order valence-electron chi connectivity index (χ4n) is 2.59. The molecule has 5 nitrogen and oxygen atoms in total. The Labute approximate surface area is 144 Å². The number of fused-ring (bicyclic) bond motifs is 1. The Kier molecular flexibility index (Phi) is 4.36. The molecular weight excluding hydrogens is 324 g/mol. The van der Waals surface area contributed by atoms with Crippen LogP contribution in [-0.4, -0.2) is 22.4 Å². The van der Waals surface area contributed by atoms with Gasteiger partial charge in [0.2, 0.25) is 0 Å². The lowest BCUT2D eigenvalue weighted by atomic mass is 10.1. The Morgan fingerprint density at radius 2 is 2.00 bits per heavy atom. The molecule has 0 atom stereocenters. The first-order chi connectivity index (χ1) is 11.5. The Morgan fingerprint density at radius 1 is 1.25 bits per heavy atom. The summed E-state index contributed by atoms with van der Waals surface area (Å²) in [6.07, 6.45) is 0. The van der Waals surface area contributed by atoms with Gasteiger partial charge in [0.15, 0.2) is 0 Å². The lowest BCUT2D eigenvalue weighted by Gasteiger charge is -2.11. The number of halogens is 1. The summed E-state index contributed by atoms with van der Waals surface area (Å²) >= 11 is 6.10. The van der Waals surface area contributed by atoms with Crippen molar-refractivity contribution in [3.8, 4) is 0 Å². The van der Waals surface area contributed by atoms with Gasteiger partial charge in [-0.05, 0) is 44.2 Å². The minimum Gasteiger partial charge on any atom is -0.388 e. The first kappa shape index (κ1) is 16.2. The Hall–Kier alpha value is -2.66. The van der Waals surface area contributed by atoms with E-state index < -0.39 is 0 Å². The van der Waals surface area contributed by atoms with Crippen LogP contribution in [0, 0.1) is 6.92 Å². The molecule has 0 amide bonds. The van der Waals surface area contributed by atoms with Crippen LogP contribution in [0.25, 0.3) is 10.9 Å². The Balaban J connectivity index is 2.20. The molecule has 3 aromatic rings. The van der Waals surface area contributed by atoms with Crippen LogP contribution in [0.4, 0.5) is 5.69 Å². The number of hydrogen-bond donors (Lipinski definition) is 1. The number of nitrogens with one attached hydrogen (secondary N) is 1. The van der Waals surface area contributed by atoms with Gasteiger partial charge < -0.3 is 5.32 Å². The molecule has 0 aliphatic rings. The Morgan fingerprint density at radius 3 is 2.75 bits per heavy atom. The molecule has 122 valence electrons. The van der Waals surface area contributed by atoms with E-state index >= 15 is 0 Å². The van der Waals surface area contributed by atoms with Gasteiger partial charge in [0.25, 0.3) is 5.56 Å². The molecule has 2 aromatic carbocycles. The third-order valence-corrected chi connectivity index (χ3v) is 4.04. The highest BCUT2D eigenvalue weighted by Crippen LogP contribution is 2.21. The van der Waals surface area contributed by atoms with Crippen molar-refractivity contribution < 1.29 is 0 Å². The second-order valence-corrected chi connectivity index (χ2v) is 5.85. The first-order valence-corrected chi connectivity index (χ1v) is 7.90. The predicted octanol–water partition coefficient (Wildman–Crippen LogP) is 3.67. The monoisotopic (exact) mass is 340 g/mol. The van der Waals surface area contributed by atoms with Crippen LogP contribution in [0.1, 0.15) is 18.3 Å². The van der Waals surface area contributed by atoms with Gasteiger partial charge in [-0.1, -0.05) is 23.7 Å². The first-order valence-electron chi connectivity index (χ1n) is 7.53. The third-order valence-electron chi connectivity index (χ3n) is 3.81. The number of anilines is 1. The van der Waals surface area contributed by atoms with Gasteiger partial charge in [-0.3, -0.25) is 4.79 Å². The van der Waals surface area contributed by atoms with Crippen molar-refractivity contribution in [2.75, 3.05) is 12.4 Å². The van der Waals surface area contributed by atoms with Crippen LogP contribution in [-0.2, 0) is 0 Å². The van der Waals surface area contributed by atoms with E-state index in [9.17, 15) is 4.79 Å². The SMILES string of the molecule is CNc1ccc(Cl)cc1/C(C)=N\n1c(C)nc2ccccc2c1=O. The van der Waals surface area contributed by atoms with E-state index in [4.69, 9.17) is 11.6 Å². The van der Waals surface area contributed by atoms with Crippen molar-refractivity contribution in [2.45, 2.75) is 13.8 Å². The average molecular weight is 341 g/mol. The molecule has 3 rings (SSSR count). The molecule has 24 heavy (non-hydrogen) atoms. The van der Waals surface area contributed by atoms with E-state index in [2.05, 4.69) is 15.4 Å². The van der Waals surface area contributed by atoms with Crippen molar-refractivity contribution in [1.82, 2.24) is 9.66 Å². The summed E-state index contributed by atoms with van der Waals surface area (Å²) in [7, 11) is 1.83. The number of hydrogen-bond acceptors (Lipinski definition) is 4. The third kappa shape index (κ3) is 2.90. The fraction of sp³-hybridized carbons (Fsp3) is 0.167. The molecule has 0 unspecified atom stereocenters. The molecular formula is C18H17ClN4O. The van der Waals surface area contributed by atoms with Crippen LogP contribution >= 0.6 is 11.6 Å². The van der Waals surface area contributed by atoms with Crippen molar-refractivity contribution in [3.05, 3.63) is 69.2 Å². The predicted molar refractivity (Wildman–Crippen MR) is 99.3 cm³/mol. The maximum Gasteiger partial charge on any atom is 0.282 e. The topological polar surface area (TPSA) is 59.3 Å². The highest BCUT2D eigenvalue weighted by molar-refractivity contribution is 6.31. The van der Waals surface area contributed by atoms with Crippen LogP contribution in [0.15, 0.2) is 52.4 Å². The van der Waals surface area contributed by atoms with E-state index in [1.165, 1.54) is 4.68 Å². The number of aryl methyl sites for hydroxylation is 1. The van der Waals surface area contributed by atoms with Crippen LogP contribution < -0.4 is 10.9 Å². The molecule has 0 aliphatic heterocycles. The molecule has 0 aliphatic carbocycles. The number of aromatic nitrogens is 2. The van der Waals surface area contributed by atoms with Gasteiger partial charge in [0.1, 0.15) is 5.82 Å². The highest BCUT2D eigenvalue weighted by Gasteiger charge is 2.10. The maximum absolute atomic E-state index is 12.7. The van der Waals surface area contributed by atoms with Crippen molar-refractivity contribution in [1.29, 1.82) is 0 Å². The molecule has 0 radical (unpaired) electrons. The molecule has 1 aromatic heterocycles. The van der Waals surface area contributed by atoms with Gasteiger partial charge >= 0.3 is 0 Å². The summed E-state index contributed by atoms with van der Waals surface area (Å²) in [5.41, 5.74) is 2.88. The van der Waals surface area contributed by atoms with E-state index in [1.807, 2.05) is 44.3 Å². The number of benzene rings is 2. The number of rotatable bonds is 3. The van der Waals surface area contributed by atoms with Gasteiger partial charge in [0, 0.05) is 23.3 Å². The summed E-state index contributed by atoms with van der Waals surface area (Å²) in [4.78, 5) is 17.2. The zero-order chi connectivity index (χ0) is 17.3. The summed E-state index contributed by atoms with van der Waals surface area (Å²) in [6.45, 7) is 3.61. The van der Waals surface area contributed by atoms with Crippen molar-refractivity contribution >= 4 is 33.9 Å². The fourth-order valence-corrected chi connectivity index (χ4v) is 2.76. The summed E-state index contributed by atoms with van der Waals surface area (Å²) in [5, 5.41) is 8.75. The second kappa shape index (κ2) is 6.45. The normalized spacial score (nSPS) is 11.8. The van der Waals surface area contributed by atoms with Crippen LogP contribution in [0.5, 0.6) is 0 Å². The number of nitrogens with zero attached hydrogens (tertiary/aromatic N) is 3. The van der Waals surface area contributed by atoms with Crippen molar-refractivity contribution in [2.24, 2.45) is 5.10 Å². The van der Waals surface area contributed by atoms with E-state index in [0.717, 1.165) is 11.3 Å². The largest absolute Gasteiger partial charge is 0.388 e. The van der Waals surface area contributed by atoms with E-state index in [-0.39, 0.29) is 5.56 Å². The minimum atomic E-state index is -0.189. The quantitative estimate of drug-likeness (QED) is 0.740. The zero-order valence-corrected chi connectivity index (χ0v) is 14.4. The van der Waals surface area contributed by atoms with Gasteiger partial charge in [-0.25, -0.2) is 4.98 Å². The summed E-state index contributed by atoms with van der Waals surface area (Å²) in [6, 6.07) is 12.8. The molecule has 0 saturated carbocycles. The minimum absolute atomic E-state index is 0.189. The van der Waals surface area contributed by atoms with Gasteiger partial charge in [0.05, 0.1) is 16.6 Å². The smallest absolute Gasteiger partial charge is 0.282 e. The molecule has 1 N–H and O–H groups in total. The van der Waals surface area contributed by atoms with E-state index in [0.29, 0.717) is 27.5 Å². The van der Waals surface area contributed by atoms with Crippen molar-refractivity contribution in [3.63, 3.8) is 0 Å². The second-order valence-electron chi connectivity index (χ2n) is 5.42. The highest BCUT2D eigenvalue weighted by atomic mass is 35.5. The summed E-state index contributed by atoms with van der Waals surface area (Å²) < 4.78 is 1.33. The molecule has 0 bridgehead atoms. The maximum atomic E-state index is 12.7. The van der Waals surface area contributed by atoms with Gasteiger partial charge in [-0.15, -0.1) is 0 Å². The molecule has 0 saturated heterocycles. The average Bonchev–Trinajstić information content (AvgIpc) is 2.58. The molecule has 6 heteroatoms. The number of para-hydroxylation sites is 1. The lowest BCUT2D eigenvalue weighted by Crippen LogP contribution is -2.22. The van der Waals surface area contributed by atoms with Gasteiger partial charge in [-0.2, -0.15) is 9.78 Å². The standard InChI is InChI=1S/C18H17ClN4O/c1-11(15-10-13(19)8-9-16(15)20-3)22-23-12(2)21-17-7-5-4-6-14(17)18(23)24/h4-10,20H,1-3H3/b22-11-. The zero-order valence-electron chi connectivity index (χ0n) is 13.7. The molecule has 1 heterocycles.